The molecule has 0 aromatic heterocycles. The molecule has 1 unspecified atom stereocenters. The standard InChI is InChI=1S/C12H25NO3S/c1-10(9-14)17(15,16)13-7-5-11(6-8-13)12(2,3)4/h10-11,14H,5-9H2,1-4H3. The summed E-state index contributed by atoms with van der Waals surface area (Å²) >= 11 is 0. The Morgan fingerprint density at radius 2 is 1.76 bits per heavy atom. The highest BCUT2D eigenvalue weighted by atomic mass is 32.2. The molecule has 1 fully saturated rings. The molecule has 5 heteroatoms. The van der Waals surface area contributed by atoms with Crippen molar-refractivity contribution in [3.05, 3.63) is 0 Å². The predicted octanol–water partition coefficient (Wildman–Crippen LogP) is 1.46. The van der Waals surface area contributed by atoms with Crippen LogP contribution in [0.5, 0.6) is 0 Å². The molecular formula is C12H25NO3S. The third kappa shape index (κ3) is 3.42. The zero-order chi connectivity index (χ0) is 13.3. The Balaban J connectivity index is 2.64. The van der Waals surface area contributed by atoms with Gasteiger partial charge >= 0.3 is 0 Å². The molecule has 0 aromatic rings. The SMILES string of the molecule is CC(CO)S(=O)(=O)N1CCC(C(C)(C)C)CC1. The summed E-state index contributed by atoms with van der Waals surface area (Å²) in [6.45, 7) is 9.06. The third-order valence-corrected chi connectivity index (χ3v) is 6.06. The molecule has 0 aliphatic carbocycles. The van der Waals surface area contributed by atoms with Crippen molar-refractivity contribution in [1.29, 1.82) is 0 Å². The van der Waals surface area contributed by atoms with E-state index in [2.05, 4.69) is 20.8 Å². The molecule has 0 radical (unpaired) electrons. The van der Waals surface area contributed by atoms with E-state index in [0.29, 0.717) is 19.0 Å². The minimum atomic E-state index is -3.30. The van der Waals surface area contributed by atoms with Gasteiger partial charge in [-0.3, -0.25) is 0 Å². The van der Waals surface area contributed by atoms with Crippen LogP contribution in [0.1, 0.15) is 40.5 Å². The summed E-state index contributed by atoms with van der Waals surface area (Å²) in [6.07, 6.45) is 1.84. The summed E-state index contributed by atoms with van der Waals surface area (Å²) in [5.41, 5.74) is 0.248. The molecule has 1 rings (SSSR count). The van der Waals surface area contributed by atoms with Crippen molar-refractivity contribution < 1.29 is 13.5 Å². The quantitative estimate of drug-likeness (QED) is 0.838. The Morgan fingerprint density at radius 1 is 1.29 bits per heavy atom. The maximum atomic E-state index is 12.0. The summed E-state index contributed by atoms with van der Waals surface area (Å²) in [5.74, 6) is 0.582. The zero-order valence-corrected chi connectivity index (χ0v) is 12.1. The van der Waals surface area contributed by atoms with Crippen molar-refractivity contribution >= 4 is 10.0 Å². The highest BCUT2D eigenvalue weighted by Crippen LogP contribution is 2.35. The maximum absolute atomic E-state index is 12.0. The first-order chi connectivity index (χ1) is 7.69. The smallest absolute Gasteiger partial charge is 0.218 e. The van der Waals surface area contributed by atoms with E-state index in [0.717, 1.165) is 12.8 Å². The van der Waals surface area contributed by atoms with Gasteiger partial charge in [-0.1, -0.05) is 20.8 Å². The average Bonchev–Trinajstić information content (AvgIpc) is 2.27. The highest BCUT2D eigenvalue weighted by Gasteiger charge is 2.35. The molecule has 102 valence electrons. The summed E-state index contributed by atoms with van der Waals surface area (Å²) in [5, 5.41) is 8.29. The Hall–Kier alpha value is -0.130. The minimum Gasteiger partial charge on any atom is -0.395 e. The van der Waals surface area contributed by atoms with E-state index in [-0.39, 0.29) is 12.0 Å². The molecule has 4 nitrogen and oxygen atoms in total. The number of piperidine rings is 1. The first-order valence-corrected chi connectivity index (χ1v) is 7.79. The monoisotopic (exact) mass is 263 g/mol. The van der Waals surface area contributed by atoms with Crippen LogP contribution in [0.15, 0.2) is 0 Å². The van der Waals surface area contributed by atoms with Crippen LogP contribution in [-0.2, 0) is 10.0 Å². The minimum absolute atomic E-state index is 0.248. The number of sulfonamides is 1. The fourth-order valence-corrected chi connectivity index (χ4v) is 3.74. The fourth-order valence-electron chi connectivity index (χ4n) is 2.32. The van der Waals surface area contributed by atoms with Gasteiger partial charge in [0, 0.05) is 13.1 Å². The Kier molecular flexibility index (Phi) is 4.60. The van der Waals surface area contributed by atoms with Crippen molar-refractivity contribution in [1.82, 2.24) is 4.31 Å². The molecule has 1 heterocycles. The van der Waals surface area contributed by atoms with E-state index in [1.54, 1.807) is 6.92 Å². The van der Waals surface area contributed by atoms with Crippen LogP contribution in [0.25, 0.3) is 0 Å². The van der Waals surface area contributed by atoms with Crippen LogP contribution in [0, 0.1) is 11.3 Å². The highest BCUT2D eigenvalue weighted by molar-refractivity contribution is 7.89. The second-order valence-electron chi connectivity index (χ2n) is 6.08. The third-order valence-electron chi connectivity index (χ3n) is 3.80. The number of nitrogens with zero attached hydrogens (tertiary/aromatic N) is 1. The van der Waals surface area contributed by atoms with Gasteiger partial charge in [0.05, 0.1) is 11.9 Å². The van der Waals surface area contributed by atoms with Gasteiger partial charge in [-0.15, -0.1) is 0 Å². The normalized spacial score (nSPS) is 22.6. The summed E-state index contributed by atoms with van der Waals surface area (Å²) in [4.78, 5) is 0. The van der Waals surface area contributed by atoms with E-state index in [4.69, 9.17) is 5.11 Å². The molecule has 0 bridgehead atoms. The van der Waals surface area contributed by atoms with Gasteiger partial charge in [0.1, 0.15) is 0 Å². The van der Waals surface area contributed by atoms with Crippen molar-refractivity contribution in [3.63, 3.8) is 0 Å². The van der Waals surface area contributed by atoms with Crippen LogP contribution < -0.4 is 0 Å². The number of aliphatic hydroxyl groups is 1. The van der Waals surface area contributed by atoms with E-state index < -0.39 is 15.3 Å². The molecule has 0 spiro atoms. The Bertz CT molecular complexity index is 337. The van der Waals surface area contributed by atoms with Crippen molar-refractivity contribution in [2.45, 2.75) is 45.8 Å². The number of hydrogen-bond acceptors (Lipinski definition) is 3. The maximum Gasteiger partial charge on any atom is 0.218 e. The van der Waals surface area contributed by atoms with Gasteiger partial charge in [0.15, 0.2) is 0 Å². The van der Waals surface area contributed by atoms with Gasteiger partial charge in [0.2, 0.25) is 10.0 Å². The molecule has 0 aromatic carbocycles. The molecule has 1 aliphatic rings. The van der Waals surface area contributed by atoms with Gasteiger partial charge in [0.25, 0.3) is 0 Å². The summed E-state index contributed by atoms with van der Waals surface area (Å²) in [6, 6.07) is 0. The molecule has 0 amide bonds. The fraction of sp³-hybridized carbons (Fsp3) is 1.00. The molecular weight excluding hydrogens is 238 g/mol. The number of aliphatic hydroxyl groups excluding tert-OH is 1. The van der Waals surface area contributed by atoms with Crippen LogP contribution in [0.2, 0.25) is 0 Å². The summed E-state index contributed by atoms with van der Waals surface area (Å²) in [7, 11) is -3.30. The topological polar surface area (TPSA) is 57.6 Å². The second-order valence-corrected chi connectivity index (χ2v) is 8.43. The Morgan fingerprint density at radius 3 is 2.12 bits per heavy atom. The predicted molar refractivity (Wildman–Crippen MR) is 69.2 cm³/mol. The van der Waals surface area contributed by atoms with Crippen molar-refractivity contribution in [2.75, 3.05) is 19.7 Å². The lowest BCUT2D eigenvalue weighted by molar-refractivity contribution is 0.152. The van der Waals surface area contributed by atoms with E-state index >= 15 is 0 Å². The zero-order valence-electron chi connectivity index (χ0n) is 11.3. The van der Waals surface area contributed by atoms with Crippen LogP contribution >= 0.6 is 0 Å². The Labute approximate surface area is 105 Å². The van der Waals surface area contributed by atoms with E-state index in [1.807, 2.05) is 0 Å². The van der Waals surface area contributed by atoms with E-state index in [1.165, 1.54) is 4.31 Å². The van der Waals surface area contributed by atoms with Crippen LogP contribution in [0.3, 0.4) is 0 Å². The first kappa shape index (κ1) is 14.9. The van der Waals surface area contributed by atoms with Crippen LogP contribution in [-0.4, -0.2) is 42.8 Å². The average molecular weight is 263 g/mol. The molecule has 17 heavy (non-hydrogen) atoms. The molecule has 1 saturated heterocycles. The lowest BCUT2D eigenvalue weighted by Crippen LogP contribution is -2.45. The first-order valence-electron chi connectivity index (χ1n) is 6.29. The van der Waals surface area contributed by atoms with Crippen LogP contribution in [0.4, 0.5) is 0 Å². The van der Waals surface area contributed by atoms with Gasteiger partial charge in [-0.05, 0) is 31.1 Å². The van der Waals surface area contributed by atoms with Gasteiger partial charge in [-0.2, -0.15) is 0 Å². The van der Waals surface area contributed by atoms with E-state index in [9.17, 15) is 8.42 Å². The largest absolute Gasteiger partial charge is 0.395 e. The van der Waals surface area contributed by atoms with Crippen molar-refractivity contribution in [2.24, 2.45) is 11.3 Å². The molecule has 1 aliphatic heterocycles. The molecule has 1 N–H and O–H groups in total. The molecule has 0 saturated carbocycles. The summed E-state index contributed by atoms with van der Waals surface area (Å²) < 4.78 is 25.6. The molecule has 1 atom stereocenters. The lowest BCUT2D eigenvalue weighted by Gasteiger charge is -2.38. The number of rotatable bonds is 3. The second kappa shape index (κ2) is 5.24. The van der Waals surface area contributed by atoms with Gasteiger partial charge in [-0.25, -0.2) is 12.7 Å². The van der Waals surface area contributed by atoms with Gasteiger partial charge < -0.3 is 5.11 Å². The number of hydrogen-bond donors (Lipinski definition) is 1. The lowest BCUT2D eigenvalue weighted by atomic mass is 9.76. The van der Waals surface area contributed by atoms with Crippen molar-refractivity contribution in [3.8, 4) is 0 Å².